The maximum absolute atomic E-state index is 13.0. The predicted molar refractivity (Wildman–Crippen MR) is 128 cm³/mol. The number of aromatic nitrogens is 1. The number of ether oxygens (including phenoxy) is 3. The number of rotatable bonds is 5. The lowest BCUT2D eigenvalue weighted by atomic mass is 9.74. The Balaban J connectivity index is 1.36. The molecule has 35 heavy (non-hydrogen) atoms. The number of para-hydroxylation sites is 1. The number of amides is 1. The van der Waals surface area contributed by atoms with Crippen LogP contribution in [-0.4, -0.2) is 87.9 Å². The van der Waals surface area contributed by atoms with E-state index in [1.54, 1.807) is 7.05 Å². The second-order valence-electron chi connectivity index (χ2n) is 9.69. The lowest BCUT2D eigenvalue weighted by molar-refractivity contribution is -0.450. The number of nitrogens with one attached hydrogen (secondary N) is 2. The van der Waals surface area contributed by atoms with E-state index in [2.05, 4.69) is 15.6 Å². The molecule has 2 aromatic rings. The summed E-state index contributed by atoms with van der Waals surface area (Å²) in [6.07, 6.45) is -4.20. The first-order valence-electron chi connectivity index (χ1n) is 12.1. The largest absolute Gasteiger partial charge is 0.391 e. The summed E-state index contributed by atoms with van der Waals surface area (Å²) in [6.45, 7) is 3.72. The molecule has 1 aliphatic carbocycles. The smallest absolute Gasteiger partial charge is 0.239 e. The van der Waals surface area contributed by atoms with Gasteiger partial charge in [0.25, 0.3) is 0 Å². The number of hydrogen-bond acceptors (Lipinski definition) is 10. The highest BCUT2D eigenvalue weighted by atomic mass is 32.1. The van der Waals surface area contributed by atoms with E-state index in [4.69, 9.17) is 14.2 Å². The molecule has 192 valence electrons. The predicted octanol–water partition coefficient (Wildman–Crippen LogP) is 0.281. The number of carbonyl (C=O) groups is 1. The van der Waals surface area contributed by atoms with Crippen molar-refractivity contribution in [1.82, 2.24) is 15.6 Å². The van der Waals surface area contributed by atoms with Crippen LogP contribution in [0.25, 0.3) is 10.2 Å². The lowest BCUT2D eigenvalue weighted by Crippen LogP contribution is -2.77. The van der Waals surface area contributed by atoms with Crippen molar-refractivity contribution in [1.29, 1.82) is 0 Å². The van der Waals surface area contributed by atoms with Crippen LogP contribution >= 0.6 is 11.3 Å². The SMILES string of the molecule is CC[C@@H]1[C@H](O)[C@H](NC)C2O[C@]3(O)C(OC2[C@H]1O)O[C@H](C)C[C@H]3NC(=O)Cc1nc2ccccc2s1. The fraction of sp³-hybridized carbons (Fsp3) is 0.667. The fourth-order valence-corrected chi connectivity index (χ4v) is 6.58. The van der Waals surface area contributed by atoms with Gasteiger partial charge in [-0.3, -0.25) is 4.79 Å². The first kappa shape index (κ1) is 25.0. The molecule has 0 spiro atoms. The minimum absolute atomic E-state index is 0.0630. The Morgan fingerprint density at radius 2 is 2.00 bits per heavy atom. The Morgan fingerprint density at radius 3 is 2.71 bits per heavy atom. The van der Waals surface area contributed by atoms with Gasteiger partial charge >= 0.3 is 0 Å². The van der Waals surface area contributed by atoms with Crippen molar-refractivity contribution in [2.24, 2.45) is 5.92 Å². The van der Waals surface area contributed by atoms with Gasteiger partial charge in [0.2, 0.25) is 18.0 Å². The summed E-state index contributed by atoms with van der Waals surface area (Å²) in [5.74, 6) is -2.72. The number of likely N-dealkylation sites (N-methyl/N-ethyl adjacent to an activating group) is 1. The molecule has 11 heteroatoms. The third-order valence-electron chi connectivity index (χ3n) is 7.42. The van der Waals surface area contributed by atoms with Crippen molar-refractivity contribution in [3.05, 3.63) is 29.3 Å². The molecule has 1 amide bonds. The fourth-order valence-electron chi connectivity index (χ4n) is 5.62. The molecule has 5 N–H and O–H groups in total. The first-order chi connectivity index (χ1) is 16.7. The van der Waals surface area contributed by atoms with Crippen molar-refractivity contribution in [3.8, 4) is 0 Å². The van der Waals surface area contributed by atoms with E-state index in [1.807, 2.05) is 38.1 Å². The molecule has 1 saturated carbocycles. The van der Waals surface area contributed by atoms with Crippen molar-refractivity contribution < 1.29 is 34.3 Å². The number of aliphatic hydroxyl groups is 3. The zero-order valence-electron chi connectivity index (χ0n) is 20.0. The molecule has 2 saturated heterocycles. The summed E-state index contributed by atoms with van der Waals surface area (Å²) in [7, 11) is 1.69. The molecule has 1 aromatic carbocycles. The van der Waals surface area contributed by atoms with Crippen LogP contribution < -0.4 is 10.6 Å². The maximum atomic E-state index is 13.0. The summed E-state index contributed by atoms with van der Waals surface area (Å²) in [5, 5.41) is 40.0. The van der Waals surface area contributed by atoms with Crippen LogP contribution in [0, 0.1) is 5.92 Å². The van der Waals surface area contributed by atoms with Crippen molar-refractivity contribution in [3.63, 3.8) is 0 Å². The van der Waals surface area contributed by atoms with Gasteiger partial charge in [-0.2, -0.15) is 0 Å². The third-order valence-corrected chi connectivity index (χ3v) is 8.45. The zero-order valence-corrected chi connectivity index (χ0v) is 20.8. The van der Waals surface area contributed by atoms with Crippen molar-refractivity contribution in [2.45, 2.75) is 87.8 Å². The maximum Gasteiger partial charge on any atom is 0.239 e. The summed E-state index contributed by atoms with van der Waals surface area (Å²) in [5.41, 5.74) is 0.839. The van der Waals surface area contributed by atoms with Crippen LogP contribution in [0.5, 0.6) is 0 Å². The number of benzene rings is 1. The summed E-state index contributed by atoms with van der Waals surface area (Å²) in [4.78, 5) is 17.5. The summed E-state index contributed by atoms with van der Waals surface area (Å²) >= 11 is 1.45. The van der Waals surface area contributed by atoms with E-state index in [9.17, 15) is 20.1 Å². The molecule has 0 radical (unpaired) electrons. The number of carbonyl (C=O) groups excluding carboxylic acids is 1. The van der Waals surface area contributed by atoms with Crippen LogP contribution in [0.1, 0.15) is 31.7 Å². The molecular formula is C24H33N3O7S. The highest BCUT2D eigenvalue weighted by molar-refractivity contribution is 7.18. The van der Waals surface area contributed by atoms with Crippen LogP contribution in [-0.2, 0) is 25.4 Å². The summed E-state index contributed by atoms with van der Waals surface area (Å²) < 4.78 is 19.2. The van der Waals surface area contributed by atoms with Crippen molar-refractivity contribution >= 4 is 27.5 Å². The number of aliphatic hydroxyl groups excluding tert-OH is 2. The van der Waals surface area contributed by atoms with Gasteiger partial charge in [0.05, 0.1) is 47.0 Å². The van der Waals surface area contributed by atoms with Crippen LogP contribution in [0.2, 0.25) is 0 Å². The highest BCUT2D eigenvalue weighted by Crippen LogP contribution is 2.43. The topological polar surface area (TPSA) is 142 Å². The van der Waals surface area contributed by atoms with E-state index in [0.29, 0.717) is 17.8 Å². The standard InChI is InChI=1S/C24H33N3O7S/c1-4-12-19(29)18(25-3)21-22(20(12)30)33-23-24(31,34-21)15(9-11(2)32-23)27-16(28)10-17-26-13-7-5-6-8-14(13)35-17/h5-8,11-12,15,18-23,25,29-31H,4,9-10H2,1-3H3,(H,27,28)/t11-,12-,15-,18+,19+,20+,21?,22?,23?,24+/m1/s1. The van der Waals surface area contributed by atoms with Gasteiger partial charge in [-0.1, -0.05) is 19.1 Å². The minimum atomic E-state index is -2.00. The molecule has 0 bridgehead atoms. The van der Waals surface area contributed by atoms with E-state index in [0.717, 1.165) is 10.2 Å². The number of nitrogens with zero attached hydrogens (tertiary/aromatic N) is 1. The monoisotopic (exact) mass is 507 g/mol. The van der Waals surface area contributed by atoms with Gasteiger partial charge in [0.15, 0.2) is 0 Å². The molecule has 3 fully saturated rings. The van der Waals surface area contributed by atoms with E-state index in [1.165, 1.54) is 11.3 Å². The minimum Gasteiger partial charge on any atom is -0.391 e. The second-order valence-corrected chi connectivity index (χ2v) is 10.8. The van der Waals surface area contributed by atoms with Crippen LogP contribution in [0.4, 0.5) is 0 Å². The molecule has 1 aromatic heterocycles. The lowest BCUT2D eigenvalue weighted by Gasteiger charge is -2.58. The van der Waals surface area contributed by atoms with Crippen molar-refractivity contribution in [2.75, 3.05) is 7.05 Å². The van der Waals surface area contributed by atoms with E-state index >= 15 is 0 Å². The average molecular weight is 508 g/mol. The Morgan fingerprint density at radius 1 is 1.23 bits per heavy atom. The molecule has 3 unspecified atom stereocenters. The van der Waals surface area contributed by atoms with Gasteiger partial charge in [0, 0.05) is 5.92 Å². The van der Waals surface area contributed by atoms with Gasteiger partial charge in [-0.15, -0.1) is 11.3 Å². The normalized spacial score (nSPS) is 41.3. The number of fused-ring (bicyclic) bond motifs is 3. The van der Waals surface area contributed by atoms with Crippen LogP contribution in [0.15, 0.2) is 24.3 Å². The molecule has 2 aliphatic heterocycles. The number of thiazole rings is 1. The van der Waals surface area contributed by atoms with Gasteiger partial charge in [-0.25, -0.2) is 4.98 Å². The third kappa shape index (κ3) is 4.38. The Hall–Kier alpha value is -1.70. The van der Waals surface area contributed by atoms with E-state index < -0.39 is 54.5 Å². The molecule has 5 rings (SSSR count). The average Bonchev–Trinajstić information content (AvgIpc) is 3.22. The quantitative estimate of drug-likeness (QED) is 0.386. The molecule has 3 aliphatic rings. The zero-order chi connectivity index (χ0) is 24.9. The number of hydrogen-bond donors (Lipinski definition) is 5. The van der Waals surface area contributed by atoms with Gasteiger partial charge in [-0.05, 0) is 38.9 Å². The first-order valence-corrected chi connectivity index (χ1v) is 12.9. The van der Waals surface area contributed by atoms with Crippen LogP contribution in [0.3, 0.4) is 0 Å². The second kappa shape index (κ2) is 9.64. The van der Waals surface area contributed by atoms with Gasteiger partial charge in [0.1, 0.15) is 17.2 Å². The Bertz CT molecular complexity index is 1040. The Kier molecular flexibility index (Phi) is 6.88. The molecule has 3 heterocycles. The molecular weight excluding hydrogens is 474 g/mol. The molecule has 10 atom stereocenters. The highest BCUT2D eigenvalue weighted by Gasteiger charge is 2.63. The Labute approximate surface area is 207 Å². The summed E-state index contributed by atoms with van der Waals surface area (Å²) in [6, 6.07) is 6.28. The van der Waals surface area contributed by atoms with E-state index in [-0.39, 0.29) is 18.4 Å². The van der Waals surface area contributed by atoms with Gasteiger partial charge < -0.3 is 40.2 Å². The molecule has 10 nitrogen and oxygen atoms in total.